The van der Waals surface area contributed by atoms with E-state index >= 15 is 0 Å². The molecule has 1 aromatic carbocycles. The van der Waals surface area contributed by atoms with Crippen LogP contribution in [0.4, 0.5) is 10.5 Å². The number of terminal acetylenes is 1. The fraction of sp³-hybridized carbons (Fsp3) is 0.698. The number of ether oxygens (including phenoxy) is 10. The van der Waals surface area contributed by atoms with Crippen LogP contribution in [0.2, 0.25) is 0 Å². The maximum absolute atomic E-state index is 13.0. The third-order valence-corrected chi connectivity index (χ3v) is 10.3. The number of nitrogens with zero attached hydrogens (tertiary/aromatic N) is 2. The molecular weight excluding hydrogens is 1030 g/mol. The van der Waals surface area contributed by atoms with Gasteiger partial charge in [0.15, 0.2) is 0 Å². The summed E-state index contributed by atoms with van der Waals surface area (Å²) in [6.45, 7) is 18.9. The van der Waals surface area contributed by atoms with Gasteiger partial charge >= 0.3 is 6.03 Å². The number of carbonyl (C=O) groups excluding carboxylic acids is 6. The number of amides is 7. The minimum atomic E-state index is -0.913. The Morgan fingerprint density at radius 3 is 1.73 bits per heavy atom. The average molecular weight is 1130 g/mol. The first kappa shape index (κ1) is 75.5. The van der Waals surface area contributed by atoms with E-state index in [4.69, 9.17) is 64.7 Å². The van der Waals surface area contributed by atoms with Gasteiger partial charge in [0, 0.05) is 44.3 Å². The number of aliphatic hydroxyl groups is 1. The standard InChI is InChI=1S/C45H77N7O16.C4H10N2O.C2H6.C2H2/c1-34(2)43(50-40(54)7-10-60-12-9-52-42(56)27-35(3)45(52)58)44(57)48-29-41(55)49-39-6-5-36(31-53)37(28-39)32-68-33-38(46)30-51(47)8-11-61-15-16-63-19-20-65-23-24-67-26-25-66-22-21-64-18-17-62-14-13-59-4;1-2-3-6-4(5)7;2*1-2/h5-6,28,30,34-35,43,53H,7-27,29,31-33,46-47H2,1-4H3,(H,48,57)(H,49,55)(H,50,54);2-3H2,1H3,(H3,5,6,7);1-2H3;1-2H/b38-30-;;;. The molecule has 1 aromatic rings. The van der Waals surface area contributed by atoms with Crippen molar-refractivity contribution >= 4 is 41.3 Å². The maximum Gasteiger partial charge on any atom is 0.312 e. The molecule has 1 fully saturated rings. The van der Waals surface area contributed by atoms with Gasteiger partial charge in [-0.1, -0.05) is 47.6 Å². The second kappa shape index (κ2) is 51.9. The highest BCUT2D eigenvalue weighted by molar-refractivity contribution is 6.03. The van der Waals surface area contributed by atoms with Crippen molar-refractivity contribution in [3.8, 4) is 12.8 Å². The number of benzene rings is 1. The number of hydrogen-bond acceptors (Lipinski definition) is 20. The number of likely N-dealkylation sites (tertiary alicyclic amines) is 1. The molecule has 1 aliphatic heterocycles. The Hall–Kier alpha value is -5.54. The van der Waals surface area contributed by atoms with Crippen LogP contribution in [0.15, 0.2) is 30.1 Å². The summed E-state index contributed by atoms with van der Waals surface area (Å²) in [6.07, 6.45) is 10.6. The SMILES string of the molecule is C#C.CC.CCCNC(N)=O.COCCOCCOCCOCCOCCOCCOCCOCCN(N)/C=C(\N)COCc1cc(NC(=O)CNC(=O)C(NC(=O)CCOCCN2C(=O)CC(C)C2=O)C(C)C)ccc1CO. The smallest absolute Gasteiger partial charge is 0.312 e. The molecule has 0 aliphatic carbocycles. The topological polar surface area (TPSA) is 348 Å². The Labute approximate surface area is 468 Å². The van der Waals surface area contributed by atoms with Gasteiger partial charge in [0.1, 0.15) is 6.04 Å². The summed E-state index contributed by atoms with van der Waals surface area (Å²) in [5, 5.41) is 21.6. The van der Waals surface area contributed by atoms with Gasteiger partial charge in [-0.15, -0.1) is 12.8 Å². The van der Waals surface area contributed by atoms with Crippen LogP contribution in [0.1, 0.15) is 71.9 Å². The van der Waals surface area contributed by atoms with Crippen LogP contribution in [-0.4, -0.2) is 209 Å². The second-order valence-electron chi connectivity index (χ2n) is 17.1. The van der Waals surface area contributed by atoms with Crippen molar-refractivity contribution in [1.82, 2.24) is 25.9 Å². The summed E-state index contributed by atoms with van der Waals surface area (Å²) in [6, 6.07) is 3.55. The normalized spacial score (nSPS) is 13.3. The van der Waals surface area contributed by atoms with Crippen molar-refractivity contribution in [2.75, 3.05) is 158 Å². The minimum Gasteiger partial charge on any atom is -0.399 e. The lowest BCUT2D eigenvalue weighted by Crippen LogP contribution is -2.51. The molecule has 79 heavy (non-hydrogen) atoms. The molecule has 0 bridgehead atoms. The Kier molecular flexibility index (Phi) is 49.6. The van der Waals surface area contributed by atoms with Gasteiger partial charge in [-0.25, -0.2) is 10.6 Å². The third-order valence-electron chi connectivity index (χ3n) is 10.3. The Balaban J connectivity index is 0. The van der Waals surface area contributed by atoms with Crippen molar-refractivity contribution in [2.45, 2.75) is 80.1 Å². The van der Waals surface area contributed by atoms with E-state index in [1.165, 1.54) is 11.2 Å². The first-order valence-electron chi connectivity index (χ1n) is 26.6. The average Bonchev–Trinajstić information content (AvgIpc) is 3.67. The van der Waals surface area contributed by atoms with Crippen LogP contribution in [0, 0.1) is 24.7 Å². The van der Waals surface area contributed by atoms with E-state index in [1.54, 1.807) is 46.1 Å². The van der Waals surface area contributed by atoms with Crippen molar-refractivity contribution < 1.29 is 81.2 Å². The Bertz CT molecular complexity index is 1830. The van der Waals surface area contributed by atoms with Crippen LogP contribution in [0.5, 0.6) is 0 Å². The second-order valence-corrected chi connectivity index (χ2v) is 17.1. The molecule has 7 amide bonds. The highest BCUT2D eigenvalue weighted by Crippen LogP contribution is 2.19. The van der Waals surface area contributed by atoms with E-state index in [0.29, 0.717) is 135 Å². The van der Waals surface area contributed by atoms with Crippen LogP contribution in [-0.2, 0) is 84.6 Å². The molecule has 1 saturated heterocycles. The molecule has 26 nitrogen and oxygen atoms in total. The number of anilines is 1. The predicted molar refractivity (Wildman–Crippen MR) is 296 cm³/mol. The van der Waals surface area contributed by atoms with Gasteiger partial charge in [-0.05, 0) is 35.6 Å². The molecular formula is C53H95N9O17. The number of imide groups is 1. The monoisotopic (exact) mass is 1130 g/mol. The number of methoxy groups -OCH3 is 1. The fourth-order valence-electron chi connectivity index (χ4n) is 6.34. The summed E-state index contributed by atoms with van der Waals surface area (Å²) in [5.41, 5.74) is 12.8. The van der Waals surface area contributed by atoms with E-state index in [0.717, 1.165) is 11.3 Å². The van der Waals surface area contributed by atoms with Gasteiger partial charge in [-0.3, -0.25) is 28.9 Å². The van der Waals surface area contributed by atoms with E-state index in [9.17, 15) is 33.9 Å². The van der Waals surface area contributed by atoms with E-state index in [1.807, 2.05) is 20.8 Å². The molecule has 11 N–H and O–H groups in total. The van der Waals surface area contributed by atoms with Crippen LogP contribution in [0.3, 0.4) is 0 Å². The largest absolute Gasteiger partial charge is 0.399 e. The number of hydrazine groups is 1. The number of nitrogens with one attached hydrogen (secondary N) is 4. The molecule has 454 valence electrons. The predicted octanol–water partition coefficient (Wildman–Crippen LogP) is 0.771. The molecule has 1 heterocycles. The lowest BCUT2D eigenvalue weighted by atomic mass is 10.0. The summed E-state index contributed by atoms with van der Waals surface area (Å²) in [5.74, 6) is 3.44. The Morgan fingerprint density at radius 2 is 1.28 bits per heavy atom. The zero-order valence-electron chi connectivity index (χ0n) is 47.9. The summed E-state index contributed by atoms with van der Waals surface area (Å²) < 4.78 is 54.3. The van der Waals surface area contributed by atoms with Gasteiger partial charge in [0.2, 0.25) is 29.5 Å². The number of carbonyl (C=O) groups is 6. The van der Waals surface area contributed by atoms with Crippen LogP contribution < -0.4 is 38.6 Å². The number of hydrogen-bond donors (Lipinski definition) is 8. The zero-order chi connectivity index (χ0) is 59.5. The molecule has 2 atom stereocenters. The molecule has 2 rings (SSSR count). The fourth-order valence-corrected chi connectivity index (χ4v) is 6.34. The van der Waals surface area contributed by atoms with E-state index in [2.05, 4.69) is 34.1 Å². The van der Waals surface area contributed by atoms with Gasteiger partial charge in [0.05, 0.1) is 157 Å². The first-order valence-corrected chi connectivity index (χ1v) is 26.6. The highest BCUT2D eigenvalue weighted by atomic mass is 16.6. The number of nitrogens with two attached hydrogens (primary N) is 3. The van der Waals surface area contributed by atoms with E-state index < -0.39 is 29.8 Å². The minimum absolute atomic E-state index is 0.0288. The summed E-state index contributed by atoms with van der Waals surface area (Å²) in [4.78, 5) is 73.3. The third kappa shape index (κ3) is 41.2. The quantitative estimate of drug-likeness (QED) is 0.0147. The molecule has 0 saturated carbocycles. The Morgan fingerprint density at radius 1 is 0.759 bits per heavy atom. The highest BCUT2D eigenvalue weighted by Gasteiger charge is 2.35. The molecule has 0 radical (unpaired) electrons. The van der Waals surface area contributed by atoms with Crippen LogP contribution in [0.25, 0.3) is 0 Å². The molecule has 1 aliphatic rings. The van der Waals surface area contributed by atoms with Crippen molar-refractivity contribution in [1.29, 1.82) is 0 Å². The van der Waals surface area contributed by atoms with Crippen molar-refractivity contribution in [3.05, 3.63) is 41.2 Å². The molecule has 0 spiro atoms. The lowest BCUT2D eigenvalue weighted by molar-refractivity contribution is -0.140. The number of aliphatic hydroxyl groups excluding tert-OH is 1. The van der Waals surface area contributed by atoms with Gasteiger partial charge in [-0.2, -0.15) is 0 Å². The number of rotatable bonds is 44. The van der Waals surface area contributed by atoms with Crippen molar-refractivity contribution in [2.24, 2.45) is 29.1 Å². The van der Waals surface area contributed by atoms with Gasteiger partial charge in [0.25, 0.3) is 0 Å². The number of urea groups is 1. The lowest BCUT2D eigenvalue weighted by Gasteiger charge is -2.22. The van der Waals surface area contributed by atoms with Crippen LogP contribution >= 0.6 is 0 Å². The summed E-state index contributed by atoms with van der Waals surface area (Å²) >= 11 is 0. The molecule has 2 unspecified atom stereocenters. The zero-order valence-corrected chi connectivity index (χ0v) is 47.9. The first-order chi connectivity index (χ1) is 38.1. The summed E-state index contributed by atoms with van der Waals surface area (Å²) in [7, 11) is 1.63. The van der Waals surface area contributed by atoms with E-state index in [-0.39, 0.29) is 82.6 Å². The van der Waals surface area contributed by atoms with Gasteiger partial charge < -0.3 is 90.2 Å². The van der Waals surface area contributed by atoms with Crippen molar-refractivity contribution in [3.63, 3.8) is 0 Å². The molecule has 0 aromatic heterocycles. The maximum atomic E-state index is 13.0. The number of primary amides is 1. The molecule has 26 heteroatoms.